The molecule has 0 fully saturated rings. The van der Waals surface area contributed by atoms with E-state index in [1.807, 2.05) is 13.8 Å². The lowest BCUT2D eigenvalue weighted by molar-refractivity contribution is -0.143. The van der Waals surface area contributed by atoms with Gasteiger partial charge in [0.2, 0.25) is 11.8 Å². The zero-order valence-electron chi connectivity index (χ0n) is 9.04. The third kappa shape index (κ3) is 1.87. The molecule has 5 heteroatoms. The summed E-state index contributed by atoms with van der Waals surface area (Å²) in [6.07, 6.45) is 0.305. The second kappa shape index (κ2) is 4.95. The van der Waals surface area contributed by atoms with Crippen LogP contribution in [0.25, 0.3) is 0 Å². The normalized spacial score (nSPS) is 11.7. The largest absolute Gasteiger partial charge is 0.368 e. The van der Waals surface area contributed by atoms with Crippen molar-refractivity contribution < 1.29 is 9.59 Å². The van der Waals surface area contributed by atoms with E-state index in [0.717, 1.165) is 0 Å². The average Bonchev–Trinajstić information content (AvgIpc) is 2.12. The zero-order chi connectivity index (χ0) is 11.4. The molecule has 14 heavy (non-hydrogen) atoms. The van der Waals surface area contributed by atoms with E-state index in [1.54, 1.807) is 11.8 Å². The number of carbonyl (C=O) groups is 2. The Morgan fingerprint density at radius 1 is 1.07 bits per heavy atom. The molecule has 0 aliphatic carbocycles. The molecule has 0 aromatic carbocycles. The lowest BCUT2D eigenvalue weighted by Crippen LogP contribution is -2.64. The van der Waals surface area contributed by atoms with Gasteiger partial charge in [-0.2, -0.15) is 0 Å². The van der Waals surface area contributed by atoms with Crippen LogP contribution in [0, 0.1) is 0 Å². The Morgan fingerprint density at radius 3 is 1.50 bits per heavy atom. The molecule has 0 rings (SSSR count). The molecule has 0 aliphatic rings. The molecule has 0 bridgehead atoms. The van der Waals surface area contributed by atoms with Crippen LogP contribution in [0.3, 0.4) is 0 Å². The third-order valence-corrected chi connectivity index (χ3v) is 2.63. The van der Waals surface area contributed by atoms with Gasteiger partial charge in [-0.15, -0.1) is 0 Å². The van der Waals surface area contributed by atoms with Gasteiger partial charge in [-0.05, 0) is 19.5 Å². The maximum absolute atomic E-state index is 11.3. The number of likely N-dealkylation sites (N-methyl/N-ethyl adjacent to an activating group) is 1. The number of carbonyl (C=O) groups excluding carboxylic acids is 2. The van der Waals surface area contributed by atoms with Crippen LogP contribution in [0.4, 0.5) is 0 Å². The van der Waals surface area contributed by atoms with Crippen LogP contribution in [0.5, 0.6) is 0 Å². The highest BCUT2D eigenvalue weighted by Crippen LogP contribution is 2.18. The molecule has 0 spiro atoms. The number of primary amides is 2. The quantitative estimate of drug-likeness (QED) is 0.565. The Hall–Kier alpha value is -1.10. The summed E-state index contributed by atoms with van der Waals surface area (Å²) in [5.41, 5.74) is 9.18. The van der Waals surface area contributed by atoms with Crippen LogP contribution in [-0.4, -0.2) is 35.3 Å². The van der Waals surface area contributed by atoms with E-state index in [-0.39, 0.29) is 0 Å². The average molecular weight is 201 g/mol. The van der Waals surface area contributed by atoms with Crippen LogP contribution in [0.15, 0.2) is 0 Å². The molecule has 0 heterocycles. The lowest BCUT2D eigenvalue weighted by Gasteiger charge is -2.36. The van der Waals surface area contributed by atoms with E-state index in [1.165, 1.54) is 0 Å². The summed E-state index contributed by atoms with van der Waals surface area (Å²) >= 11 is 0. The van der Waals surface area contributed by atoms with E-state index in [2.05, 4.69) is 0 Å². The summed E-state index contributed by atoms with van der Waals surface area (Å²) in [4.78, 5) is 24.4. The van der Waals surface area contributed by atoms with Crippen LogP contribution in [-0.2, 0) is 9.59 Å². The van der Waals surface area contributed by atoms with Gasteiger partial charge in [-0.1, -0.05) is 20.8 Å². The first kappa shape index (κ1) is 12.9. The Morgan fingerprint density at radius 2 is 1.43 bits per heavy atom. The van der Waals surface area contributed by atoms with Gasteiger partial charge in [0.05, 0.1) is 0 Å². The SMILES string of the molecule is CCN(CC)C(CC)(C(N)=O)C(N)=O. The Labute approximate surface area is 84.4 Å². The molecule has 82 valence electrons. The Bertz CT molecular complexity index is 210. The van der Waals surface area contributed by atoms with Crippen LogP contribution < -0.4 is 11.5 Å². The Kier molecular flexibility index (Phi) is 4.56. The van der Waals surface area contributed by atoms with Crippen molar-refractivity contribution in [2.24, 2.45) is 11.5 Å². The minimum absolute atomic E-state index is 0.305. The van der Waals surface area contributed by atoms with Crippen molar-refractivity contribution in [3.05, 3.63) is 0 Å². The molecule has 0 aromatic rings. The first-order chi connectivity index (χ1) is 6.47. The first-order valence-electron chi connectivity index (χ1n) is 4.82. The van der Waals surface area contributed by atoms with Gasteiger partial charge in [0.25, 0.3) is 0 Å². The van der Waals surface area contributed by atoms with Gasteiger partial charge in [0.15, 0.2) is 5.54 Å². The second-order valence-electron chi connectivity index (χ2n) is 3.11. The summed E-state index contributed by atoms with van der Waals surface area (Å²) in [6, 6.07) is 0. The minimum Gasteiger partial charge on any atom is -0.368 e. The minimum atomic E-state index is -1.33. The predicted octanol–water partition coefficient (Wildman–Crippen LogP) is -0.552. The predicted molar refractivity (Wildman–Crippen MR) is 54.3 cm³/mol. The van der Waals surface area contributed by atoms with Crippen LogP contribution >= 0.6 is 0 Å². The highest BCUT2D eigenvalue weighted by Gasteiger charge is 2.45. The van der Waals surface area contributed by atoms with Crippen molar-refractivity contribution in [1.82, 2.24) is 4.90 Å². The fourth-order valence-corrected chi connectivity index (χ4v) is 1.77. The zero-order valence-corrected chi connectivity index (χ0v) is 9.04. The highest BCUT2D eigenvalue weighted by molar-refractivity contribution is 6.08. The molecule has 0 radical (unpaired) electrons. The molecule has 0 aliphatic heterocycles. The van der Waals surface area contributed by atoms with E-state index in [4.69, 9.17) is 11.5 Å². The first-order valence-corrected chi connectivity index (χ1v) is 4.82. The number of hydrogen-bond donors (Lipinski definition) is 2. The summed E-state index contributed by atoms with van der Waals surface area (Å²) in [5.74, 6) is -1.34. The van der Waals surface area contributed by atoms with E-state index in [9.17, 15) is 9.59 Å². The molecule has 2 amide bonds. The van der Waals surface area contributed by atoms with Crippen molar-refractivity contribution in [2.75, 3.05) is 13.1 Å². The third-order valence-electron chi connectivity index (χ3n) is 2.63. The van der Waals surface area contributed by atoms with Gasteiger partial charge >= 0.3 is 0 Å². The molecule has 4 N–H and O–H groups in total. The van der Waals surface area contributed by atoms with Crippen molar-refractivity contribution in [3.63, 3.8) is 0 Å². The summed E-state index contributed by atoms with van der Waals surface area (Å²) in [5, 5.41) is 0. The molecule has 0 unspecified atom stereocenters. The fourth-order valence-electron chi connectivity index (χ4n) is 1.77. The number of nitrogens with zero attached hydrogens (tertiary/aromatic N) is 1. The maximum atomic E-state index is 11.3. The molecular formula is C9H19N3O2. The number of amides is 2. The van der Waals surface area contributed by atoms with Gasteiger partial charge < -0.3 is 11.5 Å². The monoisotopic (exact) mass is 201 g/mol. The molecule has 0 atom stereocenters. The standard InChI is InChI=1S/C9H19N3O2/c1-4-9(7(10)13,8(11)14)12(5-2)6-3/h4-6H2,1-3H3,(H2,10,13)(H2,11,14). The van der Waals surface area contributed by atoms with Gasteiger partial charge in [0, 0.05) is 0 Å². The lowest BCUT2D eigenvalue weighted by atomic mass is 9.92. The molecule has 0 saturated heterocycles. The summed E-state index contributed by atoms with van der Waals surface area (Å²) < 4.78 is 0. The fraction of sp³-hybridized carbons (Fsp3) is 0.778. The topological polar surface area (TPSA) is 89.4 Å². The maximum Gasteiger partial charge on any atom is 0.247 e. The number of hydrogen-bond acceptors (Lipinski definition) is 3. The van der Waals surface area contributed by atoms with E-state index in [0.29, 0.717) is 19.5 Å². The summed E-state index contributed by atoms with van der Waals surface area (Å²) in [7, 11) is 0. The highest BCUT2D eigenvalue weighted by atomic mass is 16.2. The van der Waals surface area contributed by atoms with Gasteiger partial charge in [0.1, 0.15) is 0 Å². The van der Waals surface area contributed by atoms with Crippen molar-refractivity contribution in [1.29, 1.82) is 0 Å². The Balaban J connectivity index is 5.22. The van der Waals surface area contributed by atoms with Crippen LogP contribution in [0.2, 0.25) is 0 Å². The molecular weight excluding hydrogens is 182 g/mol. The van der Waals surface area contributed by atoms with Gasteiger partial charge in [-0.25, -0.2) is 0 Å². The second-order valence-corrected chi connectivity index (χ2v) is 3.11. The molecule has 5 nitrogen and oxygen atoms in total. The van der Waals surface area contributed by atoms with E-state index >= 15 is 0 Å². The number of rotatable bonds is 6. The van der Waals surface area contributed by atoms with Gasteiger partial charge in [-0.3, -0.25) is 14.5 Å². The van der Waals surface area contributed by atoms with Crippen molar-refractivity contribution >= 4 is 11.8 Å². The van der Waals surface area contributed by atoms with Crippen molar-refractivity contribution in [2.45, 2.75) is 32.7 Å². The molecule has 0 aromatic heterocycles. The van der Waals surface area contributed by atoms with E-state index < -0.39 is 17.4 Å². The van der Waals surface area contributed by atoms with Crippen molar-refractivity contribution in [3.8, 4) is 0 Å². The summed E-state index contributed by atoms with van der Waals surface area (Å²) in [6.45, 7) is 6.58. The molecule has 0 saturated carbocycles. The smallest absolute Gasteiger partial charge is 0.247 e. The number of nitrogens with two attached hydrogens (primary N) is 2. The van der Waals surface area contributed by atoms with Crippen LogP contribution in [0.1, 0.15) is 27.2 Å².